The van der Waals surface area contributed by atoms with Gasteiger partial charge in [0.15, 0.2) is 0 Å². The summed E-state index contributed by atoms with van der Waals surface area (Å²) in [5, 5.41) is 0. The molecule has 1 heteroatoms. The molecule has 0 saturated carbocycles. The van der Waals surface area contributed by atoms with Crippen LogP contribution < -0.4 is 4.74 Å². The summed E-state index contributed by atoms with van der Waals surface area (Å²) in [7, 11) is 1.72. The van der Waals surface area contributed by atoms with Gasteiger partial charge in [0, 0.05) is 0 Å². The summed E-state index contributed by atoms with van der Waals surface area (Å²) in [6, 6.07) is 13.1. The van der Waals surface area contributed by atoms with Gasteiger partial charge in [-0.3, -0.25) is 0 Å². The van der Waals surface area contributed by atoms with Gasteiger partial charge in [-0.25, -0.2) is 0 Å². The molecule has 2 rings (SSSR count). The van der Waals surface area contributed by atoms with Crippen molar-refractivity contribution in [2.24, 2.45) is 0 Å². The summed E-state index contributed by atoms with van der Waals surface area (Å²) < 4.78 is 5.37. The molecular weight excluding hydrogens is 232 g/mol. The lowest BCUT2D eigenvalue weighted by molar-refractivity contribution is 0.411. The van der Waals surface area contributed by atoms with E-state index in [2.05, 4.69) is 57.2 Å². The van der Waals surface area contributed by atoms with E-state index in [0.29, 0.717) is 0 Å². The first-order valence-electron chi connectivity index (χ1n) is 6.91. The van der Waals surface area contributed by atoms with Crippen LogP contribution in [0.3, 0.4) is 0 Å². The Hall–Kier alpha value is -1.76. The van der Waals surface area contributed by atoms with Crippen molar-refractivity contribution in [2.45, 2.75) is 33.6 Å². The maximum atomic E-state index is 5.37. The number of methoxy groups -OCH3 is 1. The monoisotopic (exact) mass is 254 g/mol. The second kappa shape index (κ2) is 5.92. The number of aryl methyl sites for hydroxylation is 1. The molecule has 0 saturated heterocycles. The molecule has 0 N–H and O–H groups in total. The molecule has 1 nitrogen and oxygen atoms in total. The standard InChI is InChI=1S/C18H22O/c1-5-6-15-7-9-16(10-8-15)17-11-12-18(19-4)14(3)13(17)2/h7-12H,5-6H2,1-4H3. The minimum atomic E-state index is 0.962. The first-order chi connectivity index (χ1) is 9.17. The van der Waals surface area contributed by atoms with Crippen molar-refractivity contribution in [1.29, 1.82) is 0 Å². The van der Waals surface area contributed by atoms with Gasteiger partial charge >= 0.3 is 0 Å². The van der Waals surface area contributed by atoms with Gasteiger partial charge in [0.2, 0.25) is 0 Å². The minimum absolute atomic E-state index is 0.962. The predicted octanol–water partition coefficient (Wildman–Crippen LogP) is 4.93. The number of benzene rings is 2. The smallest absolute Gasteiger partial charge is 0.122 e. The molecule has 0 atom stereocenters. The number of hydrogen-bond donors (Lipinski definition) is 0. The summed E-state index contributed by atoms with van der Waals surface area (Å²) in [6.07, 6.45) is 2.35. The van der Waals surface area contributed by atoms with Crippen molar-refractivity contribution in [1.82, 2.24) is 0 Å². The summed E-state index contributed by atoms with van der Waals surface area (Å²) >= 11 is 0. The van der Waals surface area contributed by atoms with Gasteiger partial charge in [-0.1, -0.05) is 43.7 Å². The van der Waals surface area contributed by atoms with Crippen LogP contribution in [0.5, 0.6) is 5.75 Å². The third-order valence-corrected chi connectivity index (χ3v) is 3.76. The highest BCUT2D eigenvalue weighted by atomic mass is 16.5. The predicted molar refractivity (Wildman–Crippen MR) is 81.9 cm³/mol. The topological polar surface area (TPSA) is 9.23 Å². The third-order valence-electron chi connectivity index (χ3n) is 3.76. The fourth-order valence-electron chi connectivity index (χ4n) is 2.47. The summed E-state index contributed by atoms with van der Waals surface area (Å²) in [6.45, 7) is 6.49. The molecule has 0 spiro atoms. The fraction of sp³-hybridized carbons (Fsp3) is 0.333. The van der Waals surface area contributed by atoms with Crippen LogP contribution in [-0.4, -0.2) is 7.11 Å². The minimum Gasteiger partial charge on any atom is -0.496 e. The van der Waals surface area contributed by atoms with Gasteiger partial charge in [0.25, 0.3) is 0 Å². The first kappa shape index (κ1) is 13.7. The Labute approximate surface area is 116 Å². The van der Waals surface area contributed by atoms with Crippen LogP contribution in [0.2, 0.25) is 0 Å². The molecule has 0 bridgehead atoms. The van der Waals surface area contributed by atoms with Crippen LogP contribution in [0.1, 0.15) is 30.0 Å². The van der Waals surface area contributed by atoms with E-state index in [1.54, 1.807) is 7.11 Å². The van der Waals surface area contributed by atoms with Gasteiger partial charge in [0.05, 0.1) is 7.11 Å². The van der Waals surface area contributed by atoms with Gasteiger partial charge in [0.1, 0.15) is 5.75 Å². The molecule has 0 radical (unpaired) electrons. The van der Waals surface area contributed by atoms with Crippen LogP contribution in [0.4, 0.5) is 0 Å². The molecule has 0 aliphatic rings. The first-order valence-corrected chi connectivity index (χ1v) is 6.91. The zero-order valence-electron chi connectivity index (χ0n) is 12.3. The third kappa shape index (κ3) is 2.81. The van der Waals surface area contributed by atoms with Gasteiger partial charge < -0.3 is 4.74 Å². The number of hydrogen-bond acceptors (Lipinski definition) is 1. The highest BCUT2D eigenvalue weighted by molar-refractivity contribution is 5.70. The molecule has 19 heavy (non-hydrogen) atoms. The van der Waals surface area contributed by atoms with Gasteiger partial charge in [-0.2, -0.15) is 0 Å². The van der Waals surface area contributed by atoms with Crippen LogP contribution >= 0.6 is 0 Å². The fourth-order valence-corrected chi connectivity index (χ4v) is 2.47. The van der Waals surface area contributed by atoms with E-state index >= 15 is 0 Å². The van der Waals surface area contributed by atoms with Crippen LogP contribution in [-0.2, 0) is 6.42 Å². The Morgan fingerprint density at radius 3 is 2.16 bits per heavy atom. The van der Waals surface area contributed by atoms with E-state index in [1.807, 2.05) is 0 Å². The van der Waals surface area contributed by atoms with Crippen molar-refractivity contribution >= 4 is 0 Å². The van der Waals surface area contributed by atoms with E-state index in [0.717, 1.165) is 12.2 Å². The Kier molecular flexibility index (Phi) is 4.26. The van der Waals surface area contributed by atoms with E-state index in [4.69, 9.17) is 4.74 Å². The van der Waals surface area contributed by atoms with Crippen molar-refractivity contribution in [2.75, 3.05) is 7.11 Å². The Bertz CT molecular complexity index is 553. The van der Waals surface area contributed by atoms with Crippen molar-refractivity contribution in [3.05, 3.63) is 53.1 Å². The van der Waals surface area contributed by atoms with Crippen LogP contribution in [0.25, 0.3) is 11.1 Å². The quantitative estimate of drug-likeness (QED) is 0.751. The average molecular weight is 254 g/mol. The largest absolute Gasteiger partial charge is 0.496 e. The Morgan fingerprint density at radius 2 is 1.58 bits per heavy atom. The maximum absolute atomic E-state index is 5.37. The highest BCUT2D eigenvalue weighted by Gasteiger charge is 2.08. The van der Waals surface area contributed by atoms with Crippen molar-refractivity contribution in [3.8, 4) is 16.9 Å². The molecule has 0 unspecified atom stereocenters. The molecule has 100 valence electrons. The summed E-state index contributed by atoms with van der Waals surface area (Å²) in [4.78, 5) is 0. The van der Waals surface area contributed by atoms with Crippen molar-refractivity contribution in [3.63, 3.8) is 0 Å². The summed E-state index contributed by atoms with van der Waals surface area (Å²) in [5.74, 6) is 0.962. The SMILES string of the molecule is CCCc1ccc(-c2ccc(OC)c(C)c2C)cc1. The highest BCUT2D eigenvalue weighted by Crippen LogP contribution is 2.31. The number of rotatable bonds is 4. The molecule has 0 aliphatic heterocycles. The average Bonchev–Trinajstić information content (AvgIpc) is 2.43. The van der Waals surface area contributed by atoms with Crippen molar-refractivity contribution < 1.29 is 4.74 Å². The Balaban J connectivity index is 2.39. The Morgan fingerprint density at radius 1 is 0.895 bits per heavy atom. The molecule has 0 amide bonds. The lowest BCUT2D eigenvalue weighted by atomic mass is 9.95. The lowest BCUT2D eigenvalue weighted by Crippen LogP contribution is -1.93. The lowest BCUT2D eigenvalue weighted by Gasteiger charge is -2.13. The van der Waals surface area contributed by atoms with E-state index < -0.39 is 0 Å². The van der Waals surface area contributed by atoms with E-state index in [9.17, 15) is 0 Å². The molecule has 0 heterocycles. The van der Waals surface area contributed by atoms with E-state index in [1.165, 1.54) is 34.2 Å². The molecule has 0 aromatic heterocycles. The zero-order valence-corrected chi connectivity index (χ0v) is 12.3. The molecular formula is C18H22O. The van der Waals surface area contributed by atoms with Crippen LogP contribution in [0.15, 0.2) is 36.4 Å². The molecule has 0 aliphatic carbocycles. The summed E-state index contributed by atoms with van der Waals surface area (Å²) in [5.41, 5.74) is 6.50. The van der Waals surface area contributed by atoms with Crippen LogP contribution in [0, 0.1) is 13.8 Å². The molecule has 2 aromatic carbocycles. The van der Waals surface area contributed by atoms with Gasteiger partial charge in [-0.05, 0) is 54.2 Å². The normalized spacial score (nSPS) is 10.5. The maximum Gasteiger partial charge on any atom is 0.122 e. The molecule has 2 aromatic rings. The molecule has 0 fully saturated rings. The van der Waals surface area contributed by atoms with E-state index in [-0.39, 0.29) is 0 Å². The second-order valence-corrected chi connectivity index (χ2v) is 5.01. The zero-order chi connectivity index (χ0) is 13.8. The second-order valence-electron chi connectivity index (χ2n) is 5.01. The van der Waals surface area contributed by atoms with Gasteiger partial charge in [-0.15, -0.1) is 0 Å². The number of ether oxygens (including phenoxy) is 1.